The molecule has 1 aromatic carbocycles. The molecule has 0 saturated carbocycles. The SMILES string of the molecule is Cc1cc(Cl)cc(C2CCNC2)c1. The van der Waals surface area contributed by atoms with Crippen molar-refractivity contribution in [3.8, 4) is 0 Å². The Morgan fingerprint density at radius 2 is 2.23 bits per heavy atom. The summed E-state index contributed by atoms with van der Waals surface area (Å²) in [7, 11) is 0. The summed E-state index contributed by atoms with van der Waals surface area (Å²) in [5.74, 6) is 0.664. The summed E-state index contributed by atoms with van der Waals surface area (Å²) in [6.45, 7) is 4.33. The lowest BCUT2D eigenvalue weighted by Crippen LogP contribution is -2.07. The summed E-state index contributed by atoms with van der Waals surface area (Å²) < 4.78 is 0. The zero-order chi connectivity index (χ0) is 9.26. The van der Waals surface area contributed by atoms with Crippen molar-refractivity contribution in [3.05, 3.63) is 34.3 Å². The highest BCUT2D eigenvalue weighted by Crippen LogP contribution is 2.25. The first-order valence-corrected chi connectivity index (χ1v) is 5.11. The fourth-order valence-corrected chi connectivity index (χ4v) is 2.24. The summed E-state index contributed by atoms with van der Waals surface area (Å²) >= 11 is 6.01. The van der Waals surface area contributed by atoms with Crippen molar-refractivity contribution in [1.82, 2.24) is 5.32 Å². The number of hydrogen-bond acceptors (Lipinski definition) is 1. The van der Waals surface area contributed by atoms with Crippen molar-refractivity contribution in [2.24, 2.45) is 0 Å². The minimum atomic E-state index is 0.664. The Morgan fingerprint density at radius 1 is 1.38 bits per heavy atom. The van der Waals surface area contributed by atoms with Gasteiger partial charge in [0.1, 0.15) is 0 Å². The number of nitrogens with one attached hydrogen (secondary N) is 1. The second-order valence-electron chi connectivity index (χ2n) is 3.75. The van der Waals surface area contributed by atoms with Gasteiger partial charge >= 0.3 is 0 Å². The van der Waals surface area contributed by atoms with E-state index in [2.05, 4.69) is 24.4 Å². The van der Waals surface area contributed by atoms with Crippen LogP contribution in [0.1, 0.15) is 23.5 Å². The average molecular weight is 196 g/mol. The lowest BCUT2D eigenvalue weighted by molar-refractivity contribution is 0.762. The molecule has 0 bridgehead atoms. The zero-order valence-corrected chi connectivity index (χ0v) is 8.56. The smallest absolute Gasteiger partial charge is 0.0411 e. The molecule has 0 radical (unpaired) electrons. The van der Waals surface area contributed by atoms with E-state index in [1.807, 2.05) is 6.07 Å². The molecule has 2 heteroatoms. The maximum Gasteiger partial charge on any atom is 0.0411 e. The van der Waals surface area contributed by atoms with E-state index >= 15 is 0 Å². The first kappa shape index (κ1) is 9.04. The van der Waals surface area contributed by atoms with E-state index in [-0.39, 0.29) is 0 Å². The molecule has 1 N–H and O–H groups in total. The van der Waals surface area contributed by atoms with E-state index in [0.717, 1.165) is 18.1 Å². The third kappa shape index (κ3) is 2.04. The highest BCUT2D eigenvalue weighted by atomic mass is 35.5. The van der Waals surface area contributed by atoms with Crippen LogP contribution in [0.2, 0.25) is 5.02 Å². The first-order chi connectivity index (χ1) is 6.25. The maximum absolute atomic E-state index is 6.01. The van der Waals surface area contributed by atoms with Crippen LogP contribution in [0, 0.1) is 6.92 Å². The Balaban J connectivity index is 2.28. The number of benzene rings is 1. The standard InChI is InChI=1S/C11H14ClN/c1-8-4-10(6-11(12)5-8)9-2-3-13-7-9/h4-6,9,13H,2-3,7H2,1H3. The van der Waals surface area contributed by atoms with Crippen molar-refractivity contribution < 1.29 is 0 Å². The van der Waals surface area contributed by atoms with E-state index in [1.54, 1.807) is 0 Å². The van der Waals surface area contributed by atoms with Crippen LogP contribution in [-0.4, -0.2) is 13.1 Å². The molecule has 0 aliphatic carbocycles. The summed E-state index contributed by atoms with van der Waals surface area (Å²) in [5.41, 5.74) is 2.64. The molecular weight excluding hydrogens is 182 g/mol. The third-order valence-corrected chi connectivity index (χ3v) is 2.81. The highest BCUT2D eigenvalue weighted by molar-refractivity contribution is 6.30. The molecule has 2 rings (SSSR count). The van der Waals surface area contributed by atoms with E-state index in [9.17, 15) is 0 Å². The van der Waals surface area contributed by atoms with E-state index < -0.39 is 0 Å². The molecule has 1 aliphatic heterocycles. The van der Waals surface area contributed by atoms with Crippen molar-refractivity contribution in [2.75, 3.05) is 13.1 Å². The molecule has 0 spiro atoms. The second-order valence-corrected chi connectivity index (χ2v) is 4.19. The van der Waals surface area contributed by atoms with Crippen molar-refractivity contribution in [3.63, 3.8) is 0 Å². The summed E-state index contributed by atoms with van der Waals surface area (Å²) in [5, 5.41) is 4.23. The van der Waals surface area contributed by atoms with E-state index in [1.165, 1.54) is 17.5 Å². The summed E-state index contributed by atoms with van der Waals surface area (Å²) in [6, 6.07) is 6.34. The minimum absolute atomic E-state index is 0.664. The van der Waals surface area contributed by atoms with Gasteiger partial charge in [-0.3, -0.25) is 0 Å². The normalized spacial score (nSPS) is 22.2. The van der Waals surface area contributed by atoms with Crippen LogP contribution in [0.4, 0.5) is 0 Å². The predicted molar refractivity (Wildman–Crippen MR) is 56.4 cm³/mol. The molecule has 1 atom stereocenters. The second kappa shape index (κ2) is 3.69. The summed E-state index contributed by atoms with van der Waals surface area (Å²) in [4.78, 5) is 0. The quantitative estimate of drug-likeness (QED) is 0.727. The molecule has 1 aromatic rings. The zero-order valence-electron chi connectivity index (χ0n) is 7.81. The van der Waals surface area contributed by atoms with Gasteiger partial charge in [-0.15, -0.1) is 0 Å². The van der Waals surface area contributed by atoms with Gasteiger partial charge in [0.2, 0.25) is 0 Å². The van der Waals surface area contributed by atoms with Crippen LogP contribution in [0.3, 0.4) is 0 Å². The van der Waals surface area contributed by atoms with Crippen LogP contribution in [0.5, 0.6) is 0 Å². The van der Waals surface area contributed by atoms with Gasteiger partial charge < -0.3 is 5.32 Å². The number of halogens is 1. The average Bonchev–Trinajstić information content (AvgIpc) is 2.53. The molecule has 1 saturated heterocycles. The van der Waals surface area contributed by atoms with Gasteiger partial charge in [0.15, 0.2) is 0 Å². The Hall–Kier alpha value is -0.530. The molecule has 1 fully saturated rings. The molecule has 70 valence electrons. The Morgan fingerprint density at radius 3 is 2.85 bits per heavy atom. The summed E-state index contributed by atoms with van der Waals surface area (Å²) in [6.07, 6.45) is 1.24. The number of hydrogen-bond donors (Lipinski definition) is 1. The van der Waals surface area contributed by atoms with Gasteiger partial charge in [-0.05, 0) is 49.1 Å². The van der Waals surface area contributed by atoms with Crippen LogP contribution in [-0.2, 0) is 0 Å². The fraction of sp³-hybridized carbons (Fsp3) is 0.455. The maximum atomic E-state index is 6.01. The molecule has 0 amide bonds. The lowest BCUT2D eigenvalue weighted by atomic mass is 9.97. The van der Waals surface area contributed by atoms with Gasteiger partial charge in [0.05, 0.1) is 0 Å². The largest absolute Gasteiger partial charge is 0.316 e. The number of aryl methyl sites for hydroxylation is 1. The topological polar surface area (TPSA) is 12.0 Å². The molecular formula is C11H14ClN. The monoisotopic (exact) mass is 195 g/mol. The molecule has 0 aromatic heterocycles. The van der Waals surface area contributed by atoms with Gasteiger partial charge in [0.25, 0.3) is 0 Å². The molecule has 1 nitrogen and oxygen atoms in total. The van der Waals surface area contributed by atoms with E-state index in [0.29, 0.717) is 5.92 Å². The van der Waals surface area contributed by atoms with Crippen LogP contribution in [0.15, 0.2) is 18.2 Å². The molecule has 1 heterocycles. The number of rotatable bonds is 1. The van der Waals surface area contributed by atoms with Gasteiger partial charge in [-0.1, -0.05) is 17.7 Å². The Labute approximate surface area is 84.1 Å². The Bertz CT molecular complexity index is 283. The van der Waals surface area contributed by atoms with Crippen molar-refractivity contribution in [1.29, 1.82) is 0 Å². The first-order valence-electron chi connectivity index (χ1n) is 4.73. The Kier molecular flexibility index (Phi) is 2.56. The van der Waals surface area contributed by atoms with Crippen LogP contribution < -0.4 is 5.32 Å². The van der Waals surface area contributed by atoms with Crippen LogP contribution in [0.25, 0.3) is 0 Å². The third-order valence-electron chi connectivity index (χ3n) is 2.60. The predicted octanol–water partition coefficient (Wildman–Crippen LogP) is 2.73. The molecule has 1 aliphatic rings. The van der Waals surface area contributed by atoms with Gasteiger partial charge in [-0.25, -0.2) is 0 Å². The fourth-order valence-electron chi connectivity index (χ4n) is 1.94. The van der Waals surface area contributed by atoms with Gasteiger partial charge in [0, 0.05) is 11.6 Å². The minimum Gasteiger partial charge on any atom is -0.316 e. The van der Waals surface area contributed by atoms with Crippen molar-refractivity contribution >= 4 is 11.6 Å². The van der Waals surface area contributed by atoms with Crippen LogP contribution >= 0.6 is 11.6 Å². The van der Waals surface area contributed by atoms with Gasteiger partial charge in [-0.2, -0.15) is 0 Å². The lowest BCUT2D eigenvalue weighted by Gasteiger charge is -2.09. The molecule has 1 unspecified atom stereocenters. The highest BCUT2D eigenvalue weighted by Gasteiger charge is 2.16. The molecule has 13 heavy (non-hydrogen) atoms. The van der Waals surface area contributed by atoms with Crippen molar-refractivity contribution in [2.45, 2.75) is 19.3 Å². The van der Waals surface area contributed by atoms with E-state index in [4.69, 9.17) is 11.6 Å².